The van der Waals surface area contributed by atoms with Crippen molar-refractivity contribution in [3.63, 3.8) is 0 Å². The van der Waals surface area contributed by atoms with Gasteiger partial charge >= 0.3 is 5.97 Å². The van der Waals surface area contributed by atoms with Gasteiger partial charge in [-0.2, -0.15) is 0 Å². The zero-order valence-electron chi connectivity index (χ0n) is 15.1. The van der Waals surface area contributed by atoms with Crippen molar-refractivity contribution in [3.8, 4) is 0 Å². The fourth-order valence-corrected chi connectivity index (χ4v) is 3.94. The smallest absolute Gasteiger partial charge is 0.310 e. The molecule has 1 aromatic heterocycles. The highest BCUT2D eigenvalue weighted by Gasteiger charge is 2.46. The molecule has 26 heavy (non-hydrogen) atoms. The molecule has 1 aliphatic heterocycles. The highest BCUT2D eigenvalue weighted by atomic mass is 32.1. The number of cyclic esters (lactones) is 1. The molecule has 1 saturated heterocycles. The van der Waals surface area contributed by atoms with Crippen LogP contribution in [0.15, 0.2) is 35.7 Å². The van der Waals surface area contributed by atoms with E-state index in [1.54, 1.807) is 24.3 Å². The largest absolute Gasteiger partial charge is 0.453 e. The van der Waals surface area contributed by atoms with Gasteiger partial charge in [0, 0.05) is 17.4 Å². The van der Waals surface area contributed by atoms with Gasteiger partial charge < -0.3 is 4.74 Å². The van der Waals surface area contributed by atoms with Gasteiger partial charge in [-0.3, -0.25) is 20.4 Å². The molecule has 0 aliphatic carbocycles. The van der Waals surface area contributed by atoms with Crippen LogP contribution in [-0.2, 0) is 15.1 Å². The molecule has 0 spiro atoms. The Kier molecular flexibility index (Phi) is 5.27. The average molecular weight is 373 g/mol. The summed E-state index contributed by atoms with van der Waals surface area (Å²) in [7, 11) is 0. The van der Waals surface area contributed by atoms with Crippen LogP contribution in [0.5, 0.6) is 0 Å². The van der Waals surface area contributed by atoms with Crippen molar-refractivity contribution in [1.29, 1.82) is 0 Å². The highest BCUT2D eigenvalue weighted by molar-refractivity contribution is 7.13. The third kappa shape index (κ3) is 4.04. The first-order valence-electron chi connectivity index (χ1n) is 8.67. The molecule has 7 heteroatoms. The van der Waals surface area contributed by atoms with E-state index in [4.69, 9.17) is 4.74 Å². The Hall–Kier alpha value is -2.41. The molecular weight excluding hydrogens is 350 g/mol. The average Bonchev–Trinajstić information content (AvgIpc) is 3.19. The van der Waals surface area contributed by atoms with Gasteiger partial charge in [-0.05, 0) is 31.4 Å². The number of rotatable bonds is 6. The predicted molar refractivity (Wildman–Crippen MR) is 101 cm³/mol. The van der Waals surface area contributed by atoms with Crippen molar-refractivity contribution in [2.45, 2.75) is 39.2 Å². The highest BCUT2D eigenvalue weighted by Crippen LogP contribution is 2.42. The second kappa shape index (κ2) is 7.45. The van der Waals surface area contributed by atoms with Crippen molar-refractivity contribution in [2.24, 2.45) is 11.8 Å². The molecule has 1 fully saturated rings. The van der Waals surface area contributed by atoms with Crippen LogP contribution in [0.1, 0.15) is 49.7 Å². The SMILES string of the molecule is CC(C)C[C@@H]1C[C@](C)(c2csc(NNC(=O)c3ccccc3)n2)OC1=O. The minimum atomic E-state index is -0.712. The molecule has 2 N–H and O–H groups in total. The zero-order valence-corrected chi connectivity index (χ0v) is 15.9. The summed E-state index contributed by atoms with van der Waals surface area (Å²) in [5.74, 6) is -0.0365. The number of hydrazine groups is 1. The van der Waals surface area contributed by atoms with E-state index in [9.17, 15) is 9.59 Å². The van der Waals surface area contributed by atoms with Crippen LogP contribution < -0.4 is 10.9 Å². The molecule has 0 bridgehead atoms. The lowest BCUT2D eigenvalue weighted by atomic mass is 9.88. The summed E-state index contributed by atoms with van der Waals surface area (Å²) in [6.07, 6.45) is 1.44. The molecule has 0 radical (unpaired) electrons. The predicted octanol–water partition coefficient (Wildman–Crippen LogP) is 3.72. The maximum Gasteiger partial charge on any atom is 0.310 e. The lowest BCUT2D eigenvalue weighted by Gasteiger charge is -2.20. The number of ether oxygens (including phenoxy) is 1. The van der Waals surface area contributed by atoms with Gasteiger partial charge in [0.15, 0.2) is 5.60 Å². The first-order valence-corrected chi connectivity index (χ1v) is 9.55. The van der Waals surface area contributed by atoms with Gasteiger partial charge in [0.1, 0.15) is 0 Å². The quantitative estimate of drug-likeness (QED) is 0.596. The second-order valence-corrected chi connectivity index (χ2v) is 8.02. The number of amides is 1. The molecular formula is C19H23N3O3S. The van der Waals surface area contributed by atoms with Crippen LogP contribution in [0.3, 0.4) is 0 Å². The Bertz CT molecular complexity index is 790. The molecule has 1 aromatic carbocycles. The van der Waals surface area contributed by atoms with Gasteiger partial charge in [-0.15, -0.1) is 11.3 Å². The number of benzene rings is 1. The standard InChI is InChI=1S/C19H23N3O3S/c1-12(2)9-14-10-19(3,25-17(14)24)15-11-26-18(20-15)22-21-16(23)13-7-5-4-6-8-13/h4-8,11-12,14H,9-10H2,1-3H3,(H,20,22)(H,21,23)/t14-,19-/m1/s1. The van der Waals surface area contributed by atoms with E-state index >= 15 is 0 Å². The van der Waals surface area contributed by atoms with E-state index in [-0.39, 0.29) is 17.8 Å². The normalized spacial score (nSPS) is 22.3. The Labute approximate surface area is 156 Å². The maximum atomic E-state index is 12.2. The molecule has 0 unspecified atom stereocenters. The van der Waals surface area contributed by atoms with Gasteiger partial charge in [-0.1, -0.05) is 32.0 Å². The fourth-order valence-electron chi connectivity index (χ4n) is 3.15. The second-order valence-electron chi connectivity index (χ2n) is 7.17. The van der Waals surface area contributed by atoms with Crippen LogP contribution in [-0.4, -0.2) is 16.9 Å². The molecule has 1 amide bonds. The van der Waals surface area contributed by atoms with Crippen LogP contribution in [0.4, 0.5) is 5.13 Å². The third-order valence-electron chi connectivity index (χ3n) is 4.42. The Morgan fingerprint density at radius 1 is 1.38 bits per heavy atom. The molecule has 1 aliphatic rings. The van der Waals surface area contributed by atoms with Crippen molar-refractivity contribution in [3.05, 3.63) is 47.0 Å². The first-order chi connectivity index (χ1) is 12.4. The van der Waals surface area contributed by atoms with Gasteiger partial charge in [-0.25, -0.2) is 4.98 Å². The number of hydrogen-bond acceptors (Lipinski definition) is 6. The van der Waals surface area contributed by atoms with E-state index < -0.39 is 5.60 Å². The molecule has 138 valence electrons. The summed E-state index contributed by atoms with van der Waals surface area (Å²) in [5, 5.41) is 2.41. The minimum absolute atomic E-state index is 0.0871. The summed E-state index contributed by atoms with van der Waals surface area (Å²) in [5.41, 5.74) is 6.01. The fraction of sp³-hybridized carbons (Fsp3) is 0.421. The van der Waals surface area contributed by atoms with Crippen LogP contribution in [0, 0.1) is 11.8 Å². The minimum Gasteiger partial charge on any atom is -0.453 e. The molecule has 2 aromatic rings. The van der Waals surface area contributed by atoms with Crippen LogP contribution in [0.25, 0.3) is 0 Å². The monoisotopic (exact) mass is 373 g/mol. The van der Waals surface area contributed by atoms with E-state index in [1.807, 2.05) is 18.4 Å². The van der Waals surface area contributed by atoms with Gasteiger partial charge in [0.25, 0.3) is 5.91 Å². The Morgan fingerprint density at radius 2 is 2.12 bits per heavy atom. The number of nitrogens with zero attached hydrogens (tertiary/aromatic N) is 1. The topological polar surface area (TPSA) is 80.3 Å². The number of aromatic nitrogens is 1. The number of nitrogens with one attached hydrogen (secondary N) is 2. The van der Waals surface area contributed by atoms with E-state index in [0.29, 0.717) is 28.7 Å². The van der Waals surface area contributed by atoms with Gasteiger partial charge in [0.2, 0.25) is 5.13 Å². The summed E-state index contributed by atoms with van der Waals surface area (Å²) in [6.45, 7) is 6.10. The summed E-state index contributed by atoms with van der Waals surface area (Å²) >= 11 is 1.36. The number of carbonyl (C=O) groups excluding carboxylic acids is 2. The lowest BCUT2D eigenvalue weighted by Crippen LogP contribution is -2.29. The number of anilines is 1. The number of esters is 1. The summed E-state index contributed by atoms with van der Waals surface area (Å²) < 4.78 is 5.65. The lowest BCUT2D eigenvalue weighted by molar-refractivity contribution is -0.150. The molecule has 6 nitrogen and oxygen atoms in total. The van der Waals surface area contributed by atoms with Crippen LogP contribution >= 0.6 is 11.3 Å². The number of hydrogen-bond donors (Lipinski definition) is 2. The van der Waals surface area contributed by atoms with Crippen molar-refractivity contribution >= 4 is 28.3 Å². The van der Waals surface area contributed by atoms with Crippen molar-refractivity contribution < 1.29 is 14.3 Å². The Balaban J connectivity index is 1.63. The van der Waals surface area contributed by atoms with E-state index in [2.05, 4.69) is 29.7 Å². The molecule has 2 heterocycles. The van der Waals surface area contributed by atoms with Crippen LogP contribution in [0.2, 0.25) is 0 Å². The third-order valence-corrected chi connectivity index (χ3v) is 5.17. The van der Waals surface area contributed by atoms with E-state index in [0.717, 1.165) is 6.42 Å². The zero-order chi connectivity index (χ0) is 18.7. The van der Waals surface area contributed by atoms with Crippen molar-refractivity contribution in [2.75, 3.05) is 5.43 Å². The first kappa shape index (κ1) is 18.4. The Morgan fingerprint density at radius 3 is 2.81 bits per heavy atom. The maximum absolute atomic E-state index is 12.2. The summed E-state index contributed by atoms with van der Waals surface area (Å²) in [4.78, 5) is 28.7. The van der Waals surface area contributed by atoms with Gasteiger partial charge in [0.05, 0.1) is 11.6 Å². The number of thiazole rings is 1. The molecule has 0 saturated carbocycles. The molecule has 2 atom stereocenters. The van der Waals surface area contributed by atoms with Crippen molar-refractivity contribution in [1.82, 2.24) is 10.4 Å². The summed E-state index contributed by atoms with van der Waals surface area (Å²) in [6, 6.07) is 8.93. The molecule has 3 rings (SSSR count). The number of carbonyl (C=O) groups is 2. The van der Waals surface area contributed by atoms with E-state index in [1.165, 1.54) is 11.3 Å².